The average molecular weight is 394 g/mol. The van der Waals surface area contributed by atoms with Crippen molar-refractivity contribution in [3.63, 3.8) is 0 Å². The number of amides is 2. The van der Waals surface area contributed by atoms with Crippen LogP contribution in [0.25, 0.3) is 0 Å². The highest BCUT2D eigenvalue weighted by molar-refractivity contribution is 7.09. The van der Waals surface area contributed by atoms with E-state index in [0.717, 1.165) is 27.9 Å². The third-order valence-corrected chi connectivity index (χ3v) is 6.33. The third kappa shape index (κ3) is 4.66. The first kappa shape index (κ1) is 18.9. The number of aryl methyl sites for hydroxylation is 2. The van der Waals surface area contributed by atoms with E-state index in [1.165, 1.54) is 22.7 Å². The molecule has 1 unspecified atom stereocenters. The maximum Gasteiger partial charge on any atom is 0.228 e. The molecule has 26 heavy (non-hydrogen) atoms. The lowest BCUT2D eigenvalue weighted by atomic mass is 9.82. The van der Waals surface area contributed by atoms with E-state index in [1.807, 2.05) is 24.6 Å². The fraction of sp³-hybridized carbons (Fsp3) is 0.529. The number of hydrogen-bond acceptors (Lipinski definition) is 7. The molecule has 0 spiro atoms. The van der Waals surface area contributed by atoms with Gasteiger partial charge in [0.05, 0.1) is 18.5 Å². The van der Waals surface area contributed by atoms with Crippen molar-refractivity contribution in [3.8, 4) is 0 Å². The molecule has 2 aromatic heterocycles. The zero-order valence-electron chi connectivity index (χ0n) is 14.9. The molecule has 0 aliphatic carbocycles. The van der Waals surface area contributed by atoms with Crippen molar-refractivity contribution in [1.82, 2.24) is 25.9 Å². The van der Waals surface area contributed by atoms with Crippen LogP contribution in [0.2, 0.25) is 0 Å². The van der Waals surface area contributed by atoms with Gasteiger partial charge in [-0.2, -0.15) is 0 Å². The molecule has 2 aromatic rings. The molecule has 3 N–H and O–H groups in total. The molecule has 140 valence electrons. The normalized spacial score (nSPS) is 19.5. The predicted octanol–water partition coefficient (Wildman–Crippen LogP) is 1.52. The van der Waals surface area contributed by atoms with Gasteiger partial charge >= 0.3 is 0 Å². The van der Waals surface area contributed by atoms with Crippen molar-refractivity contribution in [3.05, 3.63) is 32.2 Å². The largest absolute Gasteiger partial charge is 0.350 e. The first-order chi connectivity index (χ1) is 12.5. The first-order valence-electron chi connectivity index (χ1n) is 8.55. The van der Waals surface area contributed by atoms with Crippen molar-refractivity contribution in [2.45, 2.75) is 39.8 Å². The second-order valence-corrected chi connectivity index (χ2v) is 8.49. The average Bonchev–Trinajstić information content (AvgIpc) is 3.33. The zero-order chi connectivity index (χ0) is 18.6. The maximum absolute atomic E-state index is 12.8. The van der Waals surface area contributed by atoms with Crippen LogP contribution in [0.3, 0.4) is 0 Å². The Morgan fingerprint density at radius 1 is 1.12 bits per heavy atom. The number of hydrogen-bond donors (Lipinski definition) is 3. The number of nitrogens with zero attached hydrogens (tertiary/aromatic N) is 2. The van der Waals surface area contributed by atoms with E-state index in [1.54, 1.807) is 0 Å². The predicted molar refractivity (Wildman–Crippen MR) is 102 cm³/mol. The van der Waals surface area contributed by atoms with Crippen LogP contribution in [0.1, 0.15) is 34.2 Å². The first-order valence-corrected chi connectivity index (χ1v) is 10.3. The molecule has 2 amide bonds. The SMILES string of the molecule is Cc1csc(CNC(=O)CC2(C(=O)NCc3nc(C)cs3)CCNC2)n1. The van der Waals surface area contributed by atoms with Crippen LogP contribution >= 0.6 is 22.7 Å². The van der Waals surface area contributed by atoms with Gasteiger partial charge in [-0.25, -0.2) is 9.97 Å². The van der Waals surface area contributed by atoms with E-state index in [4.69, 9.17) is 0 Å². The summed E-state index contributed by atoms with van der Waals surface area (Å²) in [6.45, 7) is 5.91. The Morgan fingerprint density at radius 3 is 2.23 bits per heavy atom. The fourth-order valence-corrected chi connectivity index (χ4v) is 4.45. The van der Waals surface area contributed by atoms with Gasteiger partial charge in [0, 0.05) is 35.1 Å². The number of carbonyl (C=O) groups is 2. The molecule has 1 atom stereocenters. The number of nitrogens with one attached hydrogen (secondary N) is 3. The second kappa shape index (κ2) is 8.24. The fourth-order valence-electron chi connectivity index (χ4n) is 3.02. The molecule has 0 aromatic carbocycles. The Kier molecular flexibility index (Phi) is 6.00. The lowest BCUT2D eigenvalue weighted by Gasteiger charge is -2.26. The van der Waals surface area contributed by atoms with Gasteiger partial charge in [0.1, 0.15) is 10.0 Å². The number of rotatable bonds is 7. The van der Waals surface area contributed by atoms with Crippen LogP contribution in [0, 0.1) is 19.3 Å². The summed E-state index contributed by atoms with van der Waals surface area (Å²) >= 11 is 3.05. The van der Waals surface area contributed by atoms with Gasteiger partial charge in [-0.1, -0.05) is 0 Å². The van der Waals surface area contributed by atoms with Crippen LogP contribution in [-0.4, -0.2) is 34.9 Å². The summed E-state index contributed by atoms with van der Waals surface area (Å²) in [6.07, 6.45) is 0.826. The van der Waals surface area contributed by atoms with Crippen LogP contribution in [0.4, 0.5) is 0 Å². The molecular weight excluding hydrogens is 370 g/mol. The minimum atomic E-state index is -0.699. The minimum absolute atomic E-state index is 0.0874. The van der Waals surface area contributed by atoms with Crippen LogP contribution < -0.4 is 16.0 Å². The van der Waals surface area contributed by atoms with E-state index in [2.05, 4.69) is 25.9 Å². The molecule has 1 fully saturated rings. The molecule has 3 heterocycles. The smallest absolute Gasteiger partial charge is 0.228 e. The van der Waals surface area contributed by atoms with Crippen molar-refractivity contribution in [1.29, 1.82) is 0 Å². The Morgan fingerprint density at radius 2 is 1.73 bits per heavy atom. The van der Waals surface area contributed by atoms with Gasteiger partial charge < -0.3 is 16.0 Å². The maximum atomic E-state index is 12.8. The molecule has 7 nitrogen and oxygen atoms in total. The van der Waals surface area contributed by atoms with E-state index in [0.29, 0.717) is 26.1 Å². The van der Waals surface area contributed by atoms with Gasteiger partial charge in [0.2, 0.25) is 11.8 Å². The lowest BCUT2D eigenvalue weighted by Crippen LogP contribution is -2.45. The molecular formula is C17H23N5O2S2. The summed E-state index contributed by atoms with van der Waals surface area (Å²) in [5.74, 6) is -0.211. The molecule has 0 radical (unpaired) electrons. The Balaban J connectivity index is 1.55. The molecule has 0 bridgehead atoms. The minimum Gasteiger partial charge on any atom is -0.350 e. The summed E-state index contributed by atoms with van der Waals surface area (Å²) < 4.78 is 0. The summed E-state index contributed by atoms with van der Waals surface area (Å²) in [4.78, 5) is 33.9. The van der Waals surface area contributed by atoms with Gasteiger partial charge in [-0.3, -0.25) is 9.59 Å². The van der Waals surface area contributed by atoms with E-state index in [9.17, 15) is 9.59 Å². The second-order valence-electron chi connectivity index (χ2n) is 6.61. The Hall–Kier alpha value is -1.84. The zero-order valence-corrected chi connectivity index (χ0v) is 16.6. The summed E-state index contributed by atoms with van der Waals surface area (Å²) in [5, 5.41) is 14.7. The van der Waals surface area contributed by atoms with E-state index < -0.39 is 5.41 Å². The van der Waals surface area contributed by atoms with Crippen molar-refractivity contribution >= 4 is 34.5 Å². The lowest BCUT2D eigenvalue weighted by molar-refractivity contribution is -0.135. The molecule has 1 aliphatic rings. The molecule has 3 rings (SSSR count). The highest BCUT2D eigenvalue weighted by atomic mass is 32.1. The standard InChI is InChI=1S/C17H23N5O2S2/c1-11-8-25-14(21-11)6-19-13(23)5-17(3-4-18-10-17)16(24)20-7-15-22-12(2)9-26-15/h8-9,18H,3-7,10H2,1-2H3,(H,19,23)(H,20,24). The van der Waals surface area contributed by atoms with E-state index >= 15 is 0 Å². The van der Waals surface area contributed by atoms with Gasteiger partial charge in [-0.05, 0) is 26.8 Å². The molecule has 1 saturated heterocycles. The van der Waals surface area contributed by atoms with Crippen LogP contribution in [0.15, 0.2) is 10.8 Å². The summed E-state index contributed by atoms with van der Waals surface area (Å²) in [6, 6.07) is 0. The Bertz CT molecular complexity index is 780. The summed E-state index contributed by atoms with van der Waals surface area (Å²) in [5.41, 5.74) is 1.20. The quantitative estimate of drug-likeness (QED) is 0.663. The highest BCUT2D eigenvalue weighted by Gasteiger charge is 2.42. The van der Waals surface area contributed by atoms with Crippen molar-refractivity contribution in [2.75, 3.05) is 13.1 Å². The van der Waals surface area contributed by atoms with Gasteiger partial charge in [0.15, 0.2) is 0 Å². The molecule has 1 aliphatic heterocycles. The number of aromatic nitrogens is 2. The van der Waals surface area contributed by atoms with Gasteiger partial charge in [0.25, 0.3) is 0 Å². The van der Waals surface area contributed by atoms with E-state index in [-0.39, 0.29) is 18.2 Å². The molecule has 0 saturated carbocycles. The Labute approximate surface area is 160 Å². The third-order valence-electron chi connectivity index (χ3n) is 4.39. The highest BCUT2D eigenvalue weighted by Crippen LogP contribution is 2.30. The van der Waals surface area contributed by atoms with Crippen LogP contribution in [-0.2, 0) is 22.7 Å². The van der Waals surface area contributed by atoms with Crippen molar-refractivity contribution < 1.29 is 9.59 Å². The number of carbonyl (C=O) groups excluding carboxylic acids is 2. The van der Waals surface area contributed by atoms with Crippen LogP contribution in [0.5, 0.6) is 0 Å². The molecule has 9 heteroatoms. The monoisotopic (exact) mass is 393 g/mol. The summed E-state index contributed by atoms with van der Waals surface area (Å²) in [7, 11) is 0. The number of thiazole rings is 2. The van der Waals surface area contributed by atoms with Gasteiger partial charge in [-0.15, -0.1) is 22.7 Å². The topological polar surface area (TPSA) is 96.0 Å². The van der Waals surface area contributed by atoms with Crippen molar-refractivity contribution in [2.24, 2.45) is 5.41 Å².